The molecule has 4 nitrogen and oxygen atoms in total. The van der Waals surface area contributed by atoms with E-state index in [1.54, 1.807) is 23.5 Å². The third-order valence-electron chi connectivity index (χ3n) is 4.09. The number of carbonyl (C=O) groups is 1. The Bertz CT molecular complexity index is 641. The first kappa shape index (κ1) is 14.1. The molecule has 5 heteroatoms. The Hall–Kier alpha value is -1.88. The van der Waals surface area contributed by atoms with Gasteiger partial charge >= 0.3 is 0 Å². The zero-order chi connectivity index (χ0) is 14.8. The van der Waals surface area contributed by atoms with E-state index >= 15 is 0 Å². The third kappa shape index (κ3) is 2.78. The third-order valence-corrected chi connectivity index (χ3v) is 4.99. The van der Waals surface area contributed by atoms with Crippen LogP contribution in [0.1, 0.15) is 13.3 Å². The molecule has 2 atom stereocenters. The first-order valence-corrected chi connectivity index (χ1v) is 8.01. The second kappa shape index (κ2) is 5.85. The number of aromatic nitrogens is 1. The minimum atomic E-state index is 0.166. The van der Waals surface area contributed by atoms with Crippen LogP contribution in [0.2, 0.25) is 0 Å². The zero-order valence-electron chi connectivity index (χ0n) is 11.9. The highest BCUT2D eigenvalue weighted by atomic mass is 32.1. The monoisotopic (exact) mass is 302 g/mol. The van der Waals surface area contributed by atoms with Gasteiger partial charge in [0.1, 0.15) is 12.0 Å². The Kier molecular flexibility index (Phi) is 3.92. The van der Waals surface area contributed by atoms with Gasteiger partial charge in [0.25, 0.3) is 0 Å². The van der Waals surface area contributed by atoms with E-state index < -0.39 is 0 Å². The molecule has 1 fully saturated rings. The molecular formula is C16H18N2O2S. The average molecular weight is 302 g/mol. The number of hydrogen-bond acceptors (Lipinski definition) is 5. The van der Waals surface area contributed by atoms with Gasteiger partial charge in [0.05, 0.1) is 5.69 Å². The number of para-hydroxylation sites is 1. The molecule has 0 amide bonds. The molecule has 0 radical (unpaired) electrons. The Morgan fingerprint density at radius 1 is 1.43 bits per heavy atom. The van der Waals surface area contributed by atoms with E-state index in [0.29, 0.717) is 5.92 Å². The summed E-state index contributed by atoms with van der Waals surface area (Å²) in [7, 11) is 0. The maximum Gasteiger partial charge on any atom is 0.185 e. The molecule has 3 rings (SSSR count). The maximum absolute atomic E-state index is 11.0. The second-order valence-corrected chi connectivity index (χ2v) is 6.38. The quantitative estimate of drug-likeness (QED) is 0.885. The second-order valence-electron chi connectivity index (χ2n) is 5.54. The number of hydrogen-bond donors (Lipinski definition) is 1. The number of nitrogens with zero attached hydrogens (tertiary/aromatic N) is 2. The predicted octanol–water partition coefficient (Wildman–Crippen LogP) is 3.18. The molecule has 0 saturated carbocycles. The van der Waals surface area contributed by atoms with Crippen molar-refractivity contribution in [1.82, 2.24) is 4.98 Å². The molecule has 1 N–H and O–H groups in total. The molecule has 0 aliphatic carbocycles. The van der Waals surface area contributed by atoms with E-state index in [-0.39, 0.29) is 11.7 Å². The van der Waals surface area contributed by atoms with Gasteiger partial charge in [0.15, 0.2) is 5.13 Å². The molecule has 0 spiro atoms. The van der Waals surface area contributed by atoms with Gasteiger partial charge in [-0.25, -0.2) is 4.98 Å². The van der Waals surface area contributed by atoms with E-state index in [1.807, 2.05) is 17.5 Å². The van der Waals surface area contributed by atoms with Crippen LogP contribution in [0.25, 0.3) is 11.3 Å². The number of phenols is 1. The number of anilines is 1. The van der Waals surface area contributed by atoms with E-state index in [4.69, 9.17) is 0 Å². The van der Waals surface area contributed by atoms with Crippen molar-refractivity contribution in [3.63, 3.8) is 0 Å². The van der Waals surface area contributed by atoms with Crippen LogP contribution in [-0.2, 0) is 4.79 Å². The lowest BCUT2D eigenvalue weighted by atomic mass is 9.88. The van der Waals surface area contributed by atoms with Gasteiger partial charge in [-0.1, -0.05) is 19.1 Å². The Morgan fingerprint density at radius 2 is 2.24 bits per heavy atom. The molecule has 1 aromatic carbocycles. The first-order valence-electron chi connectivity index (χ1n) is 7.13. The largest absolute Gasteiger partial charge is 0.507 e. The Balaban J connectivity index is 1.80. The summed E-state index contributed by atoms with van der Waals surface area (Å²) in [5.41, 5.74) is 1.56. The summed E-state index contributed by atoms with van der Waals surface area (Å²) in [5.74, 6) is 0.773. The molecular weight excluding hydrogens is 284 g/mol. The number of benzene rings is 1. The number of aldehydes is 1. The Morgan fingerprint density at radius 3 is 2.95 bits per heavy atom. The van der Waals surface area contributed by atoms with E-state index in [9.17, 15) is 9.90 Å². The summed E-state index contributed by atoms with van der Waals surface area (Å²) < 4.78 is 0. The number of phenolic OH excluding ortho intramolecular Hbond substituents is 1. The van der Waals surface area contributed by atoms with Crippen LogP contribution in [0.4, 0.5) is 5.13 Å². The van der Waals surface area contributed by atoms with Gasteiger partial charge in [-0.2, -0.15) is 0 Å². The van der Waals surface area contributed by atoms with Gasteiger partial charge in [-0.05, 0) is 24.5 Å². The van der Waals surface area contributed by atoms with Crippen molar-refractivity contribution in [3.8, 4) is 17.0 Å². The maximum atomic E-state index is 11.0. The smallest absolute Gasteiger partial charge is 0.185 e. The number of rotatable bonds is 3. The SMILES string of the molecule is CC1CN(c2nc(-c3ccccc3O)cs2)CCC1C=O. The van der Waals surface area contributed by atoms with E-state index in [1.165, 1.54) is 0 Å². The number of piperidine rings is 1. The summed E-state index contributed by atoms with van der Waals surface area (Å²) in [5, 5.41) is 12.8. The van der Waals surface area contributed by atoms with Gasteiger partial charge < -0.3 is 14.8 Å². The molecule has 2 heterocycles. The fraction of sp³-hybridized carbons (Fsp3) is 0.375. The summed E-state index contributed by atoms with van der Waals surface area (Å²) in [6.45, 7) is 3.83. The fourth-order valence-electron chi connectivity index (χ4n) is 2.76. The summed E-state index contributed by atoms with van der Waals surface area (Å²) in [4.78, 5) is 17.9. The van der Waals surface area contributed by atoms with E-state index in [0.717, 1.165) is 42.2 Å². The van der Waals surface area contributed by atoms with Crippen molar-refractivity contribution in [2.45, 2.75) is 13.3 Å². The molecule has 0 bridgehead atoms. The highest BCUT2D eigenvalue weighted by molar-refractivity contribution is 7.14. The summed E-state index contributed by atoms with van der Waals surface area (Å²) in [6.07, 6.45) is 1.97. The lowest BCUT2D eigenvalue weighted by Crippen LogP contribution is -2.39. The number of thiazole rings is 1. The van der Waals surface area contributed by atoms with Gasteiger partial charge in [-0.15, -0.1) is 11.3 Å². The average Bonchev–Trinajstić information content (AvgIpc) is 2.97. The molecule has 1 aromatic heterocycles. The van der Waals surface area contributed by atoms with Crippen molar-refractivity contribution in [2.24, 2.45) is 11.8 Å². The van der Waals surface area contributed by atoms with Gasteiger partial charge in [0.2, 0.25) is 0 Å². The standard InChI is InChI=1S/C16H18N2O2S/c1-11-8-18(7-6-12(11)9-19)16-17-14(10-21-16)13-4-2-3-5-15(13)20/h2-5,9-12,20H,6-8H2,1H3. The van der Waals surface area contributed by atoms with Crippen LogP contribution in [0.3, 0.4) is 0 Å². The summed E-state index contributed by atoms with van der Waals surface area (Å²) >= 11 is 1.59. The van der Waals surface area contributed by atoms with Crippen LogP contribution < -0.4 is 4.90 Å². The highest BCUT2D eigenvalue weighted by Crippen LogP contribution is 2.34. The molecule has 110 valence electrons. The molecule has 1 aliphatic heterocycles. The molecule has 1 aliphatic rings. The van der Waals surface area contributed by atoms with Crippen molar-refractivity contribution in [2.75, 3.05) is 18.0 Å². The molecule has 2 aromatic rings. The summed E-state index contributed by atoms with van der Waals surface area (Å²) in [6, 6.07) is 7.24. The lowest BCUT2D eigenvalue weighted by molar-refractivity contribution is -0.112. The first-order chi connectivity index (χ1) is 10.2. The van der Waals surface area contributed by atoms with Crippen LogP contribution in [-0.4, -0.2) is 29.5 Å². The minimum absolute atomic E-state index is 0.166. The normalized spacial score (nSPS) is 22.2. The molecule has 1 saturated heterocycles. The Labute approximate surface area is 128 Å². The van der Waals surface area contributed by atoms with Crippen LogP contribution in [0, 0.1) is 11.8 Å². The number of carbonyl (C=O) groups excluding carboxylic acids is 1. The van der Waals surface area contributed by atoms with Crippen molar-refractivity contribution >= 4 is 22.8 Å². The van der Waals surface area contributed by atoms with E-state index in [2.05, 4.69) is 16.8 Å². The van der Waals surface area contributed by atoms with Crippen molar-refractivity contribution in [3.05, 3.63) is 29.6 Å². The van der Waals surface area contributed by atoms with Crippen molar-refractivity contribution in [1.29, 1.82) is 0 Å². The predicted molar refractivity (Wildman–Crippen MR) is 84.8 cm³/mol. The van der Waals surface area contributed by atoms with Crippen LogP contribution in [0.15, 0.2) is 29.6 Å². The topological polar surface area (TPSA) is 53.4 Å². The number of aromatic hydroxyl groups is 1. The van der Waals surface area contributed by atoms with Crippen LogP contribution in [0.5, 0.6) is 5.75 Å². The van der Waals surface area contributed by atoms with Gasteiger partial charge in [0, 0.05) is 30.0 Å². The zero-order valence-corrected chi connectivity index (χ0v) is 12.7. The van der Waals surface area contributed by atoms with Crippen molar-refractivity contribution < 1.29 is 9.90 Å². The molecule has 2 unspecified atom stereocenters. The highest BCUT2D eigenvalue weighted by Gasteiger charge is 2.27. The van der Waals surface area contributed by atoms with Gasteiger partial charge in [-0.3, -0.25) is 0 Å². The minimum Gasteiger partial charge on any atom is -0.507 e. The fourth-order valence-corrected chi connectivity index (χ4v) is 3.63. The molecule has 21 heavy (non-hydrogen) atoms. The lowest BCUT2D eigenvalue weighted by Gasteiger charge is -2.34. The van der Waals surface area contributed by atoms with Crippen LogP contribution >= 0.6 is 11.3 Å².